The minimum Gasteiger partial charge on any atom is -0.478 e. The second-order valence-corrected chi connectivity index (χ2v) is 8.16. The van der Waals surface area contributed by atoms with Gasteiger partial charge in [-0.2, -0.15) is 0 Å². The Morgan fingerprint density at radius 2 is 1.91 bits per heavy atom. The van der Waals surface area contributed by atoms with Gasteiger partial charge in [-0.15, -0.1) is 11.3 Å². The van der Waals surface area contributed by atoms with E-state index in [1.54, 1.807) is 31.2 Å². The molecule has 0 bridgehead atoms. The first-order chi connectivity index (χ1) is 15.5. The van der Waals surface area contributed by atoms with E-state index in [0.717, 1.165) is 11.1 Å². The summed E-state index contributed by atoms with van der Waals surface area (Å²) in [6, 6.07) is 14.8. The lowest BCUT2D eigenvalue weighted by molar-refractivity contribution is -0.128. The highest BCUT2D eigenvalue weighted by atomic mass is 32.1. The van der Waals surface area contributed by atoms with E-state index in [9.17, 15) is 14.4 Å². The molecule has 4 rings (SSSR count). The molecule has 1 aliphatic rings. The number of carbonyl (C=O) groups excluding carboxylic acids is 3. The minimum atomic E-state index is -0.965. The summed E-state index contributed by atoms with van der Waals surface area (Å²) in [5.41, 5.74) is 3.50. The highest BCUT2D eigenvalue weighted by molar-refractivity contribution is 7.15. The van der Waals surface area contributed by atoms with Crippen molar-refractivity contribution in [2.75, 3.05) is 17.2 Å². The summed E-state index contributed by atoms with van der Waals surface area (Å²) >= 11 is 1.23. The molecule has 0 aliphatic carbocycles. The summed E-state index contributed by atoms with van der Waals surface area (Å²) < 4.78 is 10.9. The summed E-state index contributed by atoms with van der Waals surface area (Å²) in [5, 5.41) is 7.69. The van der Waals surface area contributed by atoms with E-state index in [4.69, 9.17) is 9.47 Å². The molecule has 1 atom stereocenters. The van der Waals surface area contributed by atoms with Crippen molar-refractivity contribution in [2.45, 2.75) is 26.4 Å². The van der Waals surface area contributed by atoms with Gasteiger partial charge in [0.05, 0.1) is 18.7 Å². The Bertz CT molecular complexity index is 1170. The Morgan fingerprint density at radius 1 is 1.16 bits per heavy atom. The number of hydrogen-bond donors (Lipinski definition) is 2. The van der Waals surface area contributed by atoms with Gasteiger partial charge >= 0.3 is 5.97 Å². The van der Waals surface area contributed by atoms with Crippen LogP contribution in [0.5, 0.6) is 5.75 Å². The number of carbonyl (C=O) groups is 3. The summed E-state index contributed by atoms with van der Waals surface area (Å²) in [6.07, 6.45) is -1.16. The summed E-state index contributed by atoms with van der Waals surface area (Å²) in [7, 11) is 0. The summed E-state index contributed by atoms with van der Waals surface area (Å²) in [5.74, 6) is -0.835. The number of esters is 1. The molecule has 1 aliphatic heterocycles. The van der Waals surface area contributed by atoms with Crippen LogP contribution >= 0.6 is 11.3 Å². The maximum Gasteiger partial charge on any atom is 0.341 e. The molecule has 2 aromatic carbocycles. The van der Waals surface area contributed by atoms with Gasteiger partial charge in [0, 0.05) is 10.9 Å². The zero-order valence-corrected chi connectivity index (χ0v) is 18.5. The Morgan fingerprint density at radius 3 is 2.66 bits per heavy atom. The van der Waals surface area contributed by atoms with E-state index < -0.39 is 23.9 Å². The predicted octanol–water partition coefficient (Wildman–Crippen LogP) is 4.63. The quantitative estimate of drug-likeness (QED) is 0.534. The molecule has 1 aromatic heterocycles. The van der Waals surface area contributed by atoms with Crippen LogP contribution < -0.4 is 15.4 Å². The van der Waals surface area contributed by atoms with Crippen LogP contribution in [0.1, 0.15) is 29.3 Å². The fourth-order valence-corrected chi connectivity index (χ4v) is 4.35. The van der Waals surface area contributed by atoms with Crippen molar-refractivity contribution in [3.05, 3.63) is 65.0 Å². The molecule has 0 saturated heterocycles. The SMILES string of the molecule is CCOC(=O)c1c(-c2ccc(C)cc2)csc1NC(=O)CC1Oc2ccccc2NC1=O. The molecule has 32 heavy (non-hydrogen) atoms. The molecule has 0 radical (unpaired) electrons. The van der Waals surface area contributed by atoms with Crippen LogP contribution in [0.2, 0.25) is 0 Å². The maximum atomic E-state index is 12.7. The van der Waals surface area contributed by atoms with Crippen LogP contribution in [0.3, 0.4) is 0 Å². The lowest BCUT2D eigenvalue weighted by Gasteiger charge is -2.25. The van der Waals surface area contributed by atoms with Crippen molar-refractivity contribution in [1.82, 2.24) is 0 Å². The van der Waals surface area contributed by atoms with Gasteiger partial charge in [0.1, 0.15) is 16.3 Å². The van der Waals surface area contributed by atoms with Gasteiger partial charge in [0.2, 0.25) is 5.91 Å². The topological polar surface area (TPSA) is 93.7 Å². The third-order valence-corrected chi connectivity index (χ3v) is 5.86. The lowest BCUT2D eigenvalue weighted by Crippen LogP contribution is -2.39. The Kier molecular flexibility index (Phi) is 6.23. The van der Waals surface area contributed by atoms with Crippen LogP contribution in [0.25, 0.3) is 11.1 Å². The molecule has 0 saturated carbocycles. The fourth-order valence-electron chi connectivity index (χ4n) is 3.37. The Labute approximate surface area is 189 Å². The van der Waals surface area contributed by atoms with E-state index in [-0.39, 0.29) is 13.0 Å². The lowest BCUT2D eigenvalue weighted by atomic mass is 10.0. The third kappa shape index (κ3) is 4.50. The second kappa shape index (κ2) is 9.23. The maximum absolute atomic E-state index is 12.7. The summed E-state index contributed by atoms with van der Waals surface area (Å²) in [4.78, 5) is 37.8. The molecule has 1 unspecified atom stereocenters. The minimum absolute atomic E-state index is 0.194. The van der Waals surface area contributed by atoms with Crippen LogP contribution in [0.15, 0.2) is 53.9 Å². The molecule has 2 heterocycles. The smallest absolute Gasteiger partial charge is 0.341 e. The average molecular weight is 451 g/mol. The van der Waals surface area contributed by atoms with Crippen LogP contribution in [0, 0.1) is 6.92 Å². The zero-order valence-electron chi connectivity index (χ0n) is 17.6. The van der Waals surface area contributed by atoms with Gasteiger partial charge < -0.3 is 20.1 Å². The second-order valence-electron chi connectivity index (χ2n) is 7.28. The molecular weight excluding hydrogens is 428 g/mol. The van der Waals surface area contributed by atoms with E-state index in [1.165, 1.54) is 11.3 Å². The highest BCUT2D eigenvalue weighted by Crippen LogP contribution is 2.37. The number of anilines is 2. The Balaban J connectivity index is 1.54. The largest absolute Gasteiger partial charge is 0.478 e. The van der Waals surface area contributed by atoms with Crippen molar-refractivity contribution < 1.29 is 23.9 Å². The average Bonchev–Trinajstić information content (AvgIpc) is 3.18. The summed E-state index contributed by atoms with van der Waals surface area (Å²) in [6.45, 7) is 3.92. The first kappa shape index (κ1) is 21.6. The van der Waals surface area contributed by atoms with Crippen molar-refractivity contribution in [3.8, 4) is 16.9 Å². The molecule has 7 nitrogen and oxygen atoms in total. The molecule has 164 valence electrons. The van der Waals surface area contributed by atoms with Crippen LogP contribution in [-0.2, 0) is 14.3 Å². The number of aryl methyl sites for hydroxylation is 1. The zero-order chi connectivity index (χ0) is 22.7. The first-order valence-electron chi connectivity index (χ1n) is 10.2. The Hall–Kier alpha value is -3.65. The fraction of sp³-hybridized carbons (Fsp3) is 0.208. The van der Waals surface area contributed by atoms with Gasteiger partial charge in [0.15, 0.2) is 6.10 Å². The van der Waals surface area contributed by atoms with Crippen LogP contribution in [0.4, 0.5) is 10.7 Å². The van der Waals surface area contributed by atoms with Crippen LogP contribution in [-0.4, -0.2) is 30.5 Å². The van der Waals surface area contributed by atoms with Crippen molar-refractivity contribution in [2.24, 2.45) is 0 Å². The van der Waals surface area contributed by atoms with Crippen molar-refractivity contribution in [1.29, 1.82) is 0 Å². The molecule has 2 N–H and O–H groups in total. The molecule has 3 aromatic rings. The number of rotatable bonds is 6. The van der Waals surface area contributed by atoms with E-state index in [2.05, 4.69) is 10.6 Å². The van der Waals surface area contributed by atoms with E-state index >= 15 is 0 Å². The molecular formula is C24H22N2O5S. The van der Waals surface area contributed by atoms with Gasteiger partial charge in [0.25, 0.3) is 5.91 Å². The number of amides is 2. The number of nitrogens with one attached hydrogen (secondary N) is 2. The standard InChI is InChI=1S/C24H22N2O5S/c1-3-30-24(29)21-16(15-10-8-14(2)9-11-15)13-32-23(21)26-20(27)12-19-22(28)25-17-6-4-5-7-18(17)31-19/h4-11,13,19H,3,12H2,1-2H3,(H,25,28)(H,26,27). The molecule has 0 spiro atoms. The van der Waals surface area contributed by atoms with Crippen molar-refractivity contribution >= 4 is 39.8 Å². The van der Waals surface area contributed by atoms with Gasteiger partial charge in [-0.25, -0.2) is 4.79 Å². The first-order valence-corrected chi connectivity index (χ1v) is 11.1. The molecule has 8 heteroatoms. The van der Waals surface area contributed by atoms with E-state index in [0.29, 0.717) is 27.6 Å². The molecule has 2 amide bonds. The third-order valence-electron chi connectivity index (χ3n) is 4.96. The number of para-hydroxylation sites is 2. The number of hydrogen-bond acceptors (Lipinski definition) is 6. The predicted molar refractivity (Wildman–Crippen MR) is 123 cm³/mol. The number of fused-ring (bicyclic) bond motifs is 1. The molecule has 0 fully saturated rings. The number of thiophene rings is 1. The monoisotopic (exact) mass is 450 g/mol. The van der Waals surface area contributed by atoms with E-state index in [1.807, 2.05) is 36.6 Å². The van der Waals surface area contributed by atoms with Gasteiger partial charge in [-0.1, -0.05) is 42.0 Å². The normalized spacial score (nSPS) is 14.7. The highest BCUT2D eigenvalue weighted by Gasteiger charge is 2.30. The number of benzene rings is 2. The number of ether oxygens (including phenoxy) is 2. The van der Waals surface area contributed by atoms with Crippen molar-refractivity contribution in [3.63, 3.8) is 0 Å². The van der Waals surface area contributed by atoms with Gasteiger partial charge in [-0.3, -0.25) is 9.59 Å². The van der Waals surface area contributed by atoms with Gasteiger partial charge in [-0.05, 0) is 31.5 Å².